The zero-order chi connectivity index (χ0) is 14.9. The summed E-state index contributed by atoms with van der Waals surface area (Å²) in [6.07, 6.45) is 0.240. The summed E-state index contributed by atoms with van der Waals surface area (Å²) >= 11 is 0. The van der Waals surface area contributed by atoms with Gasteiger partial charge >= 0.3 is 0 Å². The lowest BCUT2D eigenvalue weighted by atomic mass is 10.1. The van der Waals surface area contributed by atoms with Crippen LogP contribution in [0.5, 0.6) is 0 Å². The van der Waals surface area contributed by atoms with Crippen molar-refractivity contribution in [1.82, 2.24) is 4.90 Å². The molecule has 1 aromatic rings. The van der Waals surface area contributed by atoms with Crippen LogP contribution in [0.1, 0.15) is 25.8 Å². The predicted molar refractivity (Wildman–Crippen MR) is 74.7 cm³/mol. The number of nitrogens with one attached hydrogen (secondary N) is 1. The number of carbonyl (C=O) groups is 2. The minimum Gasteiger partial charge on any atom is -0.339 e. The van der Waals surface area contributed by atoms with Crippen LogP contribution in [-0.2, 0) is 9.59 Å². The summed E-state index contributed by atoms with van der Waals surface area (Å²) in [6, 6.07) is 4.32. The molecule has 0 bridgehead atoms. The van der Waals surface area contributed by atoms with Gasteiger partial charge in [-0.2, -0.15) is 0 Å². The van der Waals surface area contributed by atoms with Crippen LogP contribution in [0.2, 0.25) is 0 Å². The first kappa shape index (κ1) is 14.5. The number of rotatable bonds is 3. The van der Waals surface area contributed by atoms with Gasteiger partial charge in [0.25, 0.3) is 0 Å². The molecule has 20 heavy (non-hydrogen) atoms. The van der Waals surface area contributed by atoms with Gasteiger partial charge in [0, 0.05) is 24.7 Å². The second kappa shape index (κ2) is 5.61. The molecule has 2 amide bonds. The summed E-state index contributed by atoms with van der Waals surface area (Å²) in [7, 11) is 0. The van der Waals surface area contributed by atoms with Crippen molar-refractivity contribution in [2.24, 2.45) is 5.92 Å². The Labute approximate surface area is 118 Å². The Morgan fingerprint density at radius 3 is 2.70 bits per heavy atom. The number of likely N-dealkylation sites (tertiary alicyclic amines) is 1. The third kappa shape index (κ3) is 2.98. The number of anilines is 1. The number of benzene rings is 1. The second-order valence-corrected chi connectivity index (χ2v) is 5.49. The number of hydrogen-bond acceptors (Lipinski definition) is 2. The van der Waals surface area contributed by atoms with Crippen molar-refractivity contribution in [2.45, 2.75) is 33.2 Å². The maximum absolute atomic E-state index is 13.0. The molecule has 4 nitrogen and oxygen atoms in total. The van der Waals surface area contributed by atoms with Crippen LogP contribution >= 0.6 is 0 Å². The van der Waals surface area contributed by atoms with Crippen LogP contribution in [0.4, 0.5) is 10.1 Å². The maximum atomic E-state index is 13.0. The van der Waals surface area contributed by atoms with E-state index in [0.29, 0.717) is 17.8 Å². The molecule has 0 saturated carbocycles. The van der Waals surface area contributed by atoms with Gasteiger partial charge in [0.2, 0.25) is 11.8 Å². The highest BCUT2D eigenvalue weighted by molar-refractivity contribution is 5.97. The van der Waals surface area contributed by atoms with Crippen molar-refractivity contribution in [2.75, 3.05) is 11.9 Å². The van der Waals surface area contributed by atoms with E-state index >= 15 is 0 Å². The molecule has 5 heteroatoms. The molecule has 0 radical (unpaired) electrons. The van der Waals surface area contributed by atoms with Crippen molar-refractivity contribution >= 4 is 17.5 Å². The maximum Gasteiger partial charge on any atom is 0.229 e. The second-order valence-electron chi connectivity index (χ2n) is 5.49. The van der Waals surface area contributed by atoms with Gasteiger partial charge in [0.15, 0.2) is 0 Å². The predicted octanol–water partition coefficient (Wildman–Crippen LogP) is 2.33. The molecule has 1 atom stereocenters. The van der Waals surface area contributed by atoms with Crippen LogP contribution in [0, 0.1) is 18.7 Å². The van der Waals surface area contributed by atoms with Crippen LogP contribution in [0.25, 0.3) is 0 Å². The highest BCUT2D eigenvalue weighted by Crippen LogP contribution is 2.23. The Hall–Kier alpha value is -1.91. The van der Waals surface area contributed by atoms with Crippen LogP contribution in [0.3, 0.4) is 0 Å². The third-order valence-electron chi connectivity index (χ3n) is 3.60. The molecule has 1 saturated heterocycles. The van der Waals surface area contributed by atoms with E-state index in [-0.39, 0.29) is 36.0 Å². The number of amides is 2. The van der Waals surface area contributed by atoms with E-state index < -0.39 is 0 Å². The van der Waals surface area contributed by atoms with Crippen LogP contribution in [0.15, 0.2) is 18.2 Å². The van der Waals surface area contributed by atoms with Gasteiger partial charge in [-0.25, -0.2) is 4.39 Å². The summed E-state index contributed by atoms with van der Waals surface area (Å²) < 4.78 is 13.0. The van der Waals surface area contributed by atoms with E-state index in [0.717, 1.165) is 0 Å². The minimum atomic E-state index is -0.339. The standard InChI is InChI=1S/C15H19FN2O2/c1-9(2)18-8-11(7-14(18)19)15(20)17-13-5-4-12(16)6-10(13)3/h4-6,9,11H,7-8H2,1-3H3,(H,17,20). The number of hydrogen-bond donors (Lipinski definition) is 1. The fourth-order valence-electron chi connectivity index (χ4n) is 2.41. The van der Waals surface area contributed by atoms with E-state index in [1.54, 1.807) is 17.9 Å². The van der Waals surface area contributed by atoms with E-state index in [9.17, 15) is 14.0 Å². The average molecular weight is 278 g/mol. The van der Waals surface area contributed by atoms with Crippen molar-refractivity contribution < 1.29 is 14.0 Å². The smallest absolute Gasteiger partial charge is 0.229 e. The third-order valence-corrected chi connectivity index (χ3v) is 3.60. The molecular formula is C15H19FN2O2. The summed E-state index contributed by atoms with van der Waals surface area (Å²) in [5.41, 5.74) is 1.26. The summed E-state index contributed by atoms with van der Waals surface area (Å²) in [6.45, 7) is 6.05. The Morgan fingerprint density at radius 2 is 2.15 bits per heavy atom. The van der Waals surface area contributed by atoms with Gasteiger partial charge in [0.1, 0.15) is 5.82 Å². The van der Waals surface area contributed by atoms with Gasteiger partial charge in [0.05, 0.1) is 5.92 Å². The number of carbonyl (C=O) groups excluding carboxylic acids is 2. The fraction of sp³-hybridized carbons (Fsp3) is 0.467. The van der Waals surface area contributed by atoms with Gasteiger partial charge in [-0.1, -0.05) is 0 Å². The number of halogens is 1. The topological polar surface area (TPSA) is 49.4 Å². The molecule has 0 aromatic heterocycles. The zero-order valence-corrected chi connectivity index (χ0v) is 11.9. The summed E-state index contributed by atoms with van der Waals surface area (Å²) in [4.78, 5) is 25.7. The molecule has 0 spiro atoms. The first-order chi connectivity index (χ1) is 9.38. The zero-order valence-electron chi connectivity index (χ0n) is 11.9. The monoisotopic (exact) mass is 278 g/mol. The van der Waals surface area contributed by atoms with Gasteiger partial charge in [-0.15, -0.1) is 0 Å². The molecule has 1 aliphatic heterocycles. The van der Waals surface area contributed by atoms with E-state index in [4.69, 9.17) is 0 Å². The molecule has 1 fully saturated rings. The normalized spacial score (nSPS) is 18.8. The molecule has 1 aliphatic rings. The molecule has 108 valence electrons. The highest BCUT2D eigenvalue weighted by atomic mass is 19.1. The first-order valence-electron chi connectivity index (χ1n) is 6.75. The first-order valence-corrected chi connectivity index (χ1v) is 6.75. The molecule has 1 heterocycles. The summed E-state index contributed by atoms with van der Waals surface area (Å²) in [5.74, 6) is -0.843. The molecular weight excluding hydrogens is 259 g/mol. The summed E-state index contributed by atoms with van der Waals surface area (Å²) in [5, 5.41) is 2.77. The van der Waals surface area contributed by atoms with E-state index in [1.807, 2.05) is 13.8 Å². The van der Waals surface area contributed by atoms with Crippen LogP contribution < -0.4 is 5.32 Å². The lowest BCUT2D eigenvalue weighted by molar-refractivity contribution is -0.129. The molecule has 1 aromatic carbocycles. The van der Waals surface area contributed by atoms with E-state index in [2.05, 4.69) is 5.32 Å². The van der Waals surface area contributed by atoms with Crippen molar-refractivity contribution in [3.63, 3.8) is 0 Å². The SMILES string of the molecule is Cc1cc(F)ccc1NC(=O)C1CC(=O)N(C(C)C)C1. The molecule has 1 unspecified atom stereocenters. The number of nitrogens with zero attached hydrogens (tertiary/aromatic N) is 1. The molecule has 1 N–H and O–H groups in total. The quantitative estimate of drug-likeness (QED) is 0.922. The fourth-order valence-corrected chi connectivity index (χ4v) is 2.41. The highest BCUT2D eigenvalue weighted by Gasteiger charge is 2.35. The van der Waals surface area contributed by atoms with Crippen molar-refractivity contribution in [3.05, 3.63) is 29.6 Å². The van der Waals surface area contributed by atoms with Crippen molar-refractivity contribution in [1.29, 1.82) is 0 Å². The van der Waals surface area contributed by atoms with Crippen molar-refractivity contribution in [3.8, 4) is 0 Å². The lowest BCUT2D eigenvalue weighted by Gasteiger charge is -2.20. The minimum absolute atomic E-state index is 0.0102. The molecule has 0 aliphatic carbocycles. The Balaban J connectivity index is 2.04. The molecule has 2 rings (SSSR count). The average Bonchev–Trinajstić information content (AvgIpc) is 2.75. The van der Waals surface area contributed by atoms with E-state index in [1.165, 1.54) is 12.1 Å². The van der Waals surface area contributed by atoms with Gasteiger partial charge in [-0.3, -0.25) is 9.59 Å². The van der Waals surface area contributed by atoms with Gasteiger partial charge < -0.3 is 10.2 Å². The number of aryl methyl sites for hydroxylation is 1. The largest absolute Gasteiger partial charge is 0.339 e. The van der Waals surface area contributed by atoms with Gasteiger partial charge in [-0.05, 0) is 44.5 Å². The van der Waals surface area contributed by atoms with Crippen LogP contribution in [-0.4, -0.2) is 29.3 Å². The Morgan fingerprint density at radius 1 is 1.45 bits per heavy atom. The Kier molecular flexibility index (Phi) is 4.06. The Bertz CT molecular complexity index is 543. The lowest BCUT2D eigenvalue weighted by Crippen LogP contribution is -2.33.